The third kappa shape index (κ3) is 5.59. The lowest BCUT2D eigenvalue weighted by atomic mass is 10.1. The summed E-state index contributed by atoms with van der Waals surface area (Å²) in [6.07, 6.45) is 0.253. The maximum Gasteiger partial charge on any atom is 0.337 e. The quantitative estimate of drug-likeness (QED) is 0.781. The summed E-state index contributed by atoms with van der Waals surface area (Å²) in [5.41, 5.74) is 1.37. The summed E-state index contributed by atoms with van der Waals surface area (Å²) in [6, 6.07) is 13.8. The highest BCUT2D eigenvalue weighted by Crippen LogP contribution is 2.15. The van der Waals surface area contributed by atoms with Crippen molar-refractivity contribution in [3.63, 3.8) is 0 Å². The van der Waals surface area contributed by atoms with E-state index in [0.717, 1.165) is 5.56 Å². The molecule has 0 saturated heterocycles. The van der Waals surface area contributed by atoms with Crippen LogP contribution in [0.25, 0.3) is 0 Å². The molecule has 0 aliphatic rings. The van der Waals surface area contributed by atoms with Crippen LogP contribution in [0, 0.1) is 0 Å². The summed E-state index contributed by atoms with van der Waals surface area (Å²) in [7, 11) is 1.34. The predicted octanol–water partition coefficient (Wildman–Crippen LogP) is 3.21. The fraction of sp³-hybridized carbons (Fsp3) is 0.222. The van der Waals surface area contributed by atoms with E-state index in [0.29, 0.717) is 22.9 Å². The first-order valence-corrected chi connectivity index (χ1v) is 7.78. The zero-order valence-corrected chi connectivity index (χ0v) is 14.0. The first kappa shape index (κ1) is 17.8. The molecule has 5 nitrogen and oxygen atoms in total. The molecular weight excluding hydrogens is 330 g/mol. The minimum absolute atomic E-state index is 0.110. The van der Waals surface area contributed by atoms with E-state index in [9.17, 15) is 9.59 Å². The normalized spacial score (nSPS) is 10.1. The van der Waals surface area contributed by atoms with Crippen LogP contribution in [-0.2, 0) is 16.1 Å². The summed E-state index contributed by atoms with van der Waals surface area (Å²) in [5.74, 6) is 0.177. The molecule has 2 aromatic rings. The molecule has 0 saturated carbocycles. The van der Waals surface area contributed by atoms with Gasteiger partial charge in [0.15, 0.2) is 0 Å². The Morgan fingerprint density at radius 3 is 2.33 bits per heavy atom. The lowest BCUT2D eigenvalue weighted by molar-refractivity contribution is -0.121. The Hall–Kier alpha value is -2.53. The van der Waals surface area contributed by atoms with E-state index in [1.807, 2.05) is 0 Å². The second-order valence-electron chi connectivity index (χ2n) is 5.02. The average molecular weight is 348 g/mol. The van der Waals surface area contributed by atoms with Crippen LogP contribution in [0.2, 0.25) is 5.02 Å². The number of hydrogen-bond acceptors (Lipinski definition) is 4. The van der Waals surface area contributed by atoms with Gasteiger partial charge < -0.3 is 14.8 Å². The van der Waals surface area contributed by atoms with Crippen LogP contribution < -0.4 is 10.1 Å². The molecule has 0 spiro atoms. The van der Waals surface area contributed by atoms with E-state index in [2.05, 4.69) is 10.1 Å². The van der Waals surface area contributed by atoms with E-state index < -0.39 is 0 Å². The molecule has 0 aromatic heterocycles. The van der Waals surface area contributed by atoms with Crippen molar-refractivity contribution in [3.8, 4) is 5.75 Å². The van der Waals surface area contributed by atoms with E-state index in [1.54, 1.807) is 48.5 Å². The minimum atomic E-state index is -0.384. The monoisotopic (exact) mass is 347 g/mol. The smallest absolute Gasteiger partial charge is 0.337 e. The number of benzene rings is 2. The molecular formula is C18H18ClNO4. The van der Waals surface area contributed by atoms with Gasteiger partial charge in [-0.05, 0) is 42.0 Å². The summed E-state index contributed by atoms with van der Waals surface area (Å²) in [5, 5.41) is 3.44. The van der Waals surface area contributed by atoms with Gasteiger partial charge in [0.1, 0.15) is 5.75 Å². The van der Waals surface area contributed by atoms with Crippen LogP contribution in [0.5, 0.6) is 5.75 Å². The molecule has 0 atom stereocenters. The van der Waals surface area contributed by atoms with E-state index in [4.69, 9.17) is 16.3 Å². The van der Waals surface area contributed by atoms with Crippen LogP contribution >= 0.6 is 11.6 Å². The van der Waals surface area contributed by atoms with Gasteiger partial charge in [-0.25, -0.2) is 4.79 Å². The zero-order chi connectivity index (χ0) is 17.4. The summed E-state index contributed by atoms with van der Waals surface area (Å²) in [4.78, 5) is 23.1. The SMILES string of the molecule is COC(=O)c1ccc(CNC(=O)CCOc2ccc(Cl)cc2)cc1. The van der Waals surface area contributed by atoms with Gasteiger partial charge >= 0.3 is 5.97 Å². The number of amides is 1. The van der Waals surface area contributed by atoms with Gasteiger partial charge in [0, 0.05) is 11.6 Å². The Morgan fingerprint density at radius 2 is 1.71 bits per heavy atom. The minimum Gasteiger partial charge on any atom is -0.493 e. The molecule has 0 aliphatic heterocycles. The fourth-order valence-corrected chi connectivity index (χ4v) is 2.08. The molecule has 2 rings (SSSR count). The Labute approximate surface area is 145 Å². The van der Waals surface area contributed by atoms with Gasteiger partial charge in [0.25, 0.3) is 0 Å². The highest BCUT2D eigenvalue weighted by Gasteiger charge is 2.06. The molecule has 1 N–H and O–H groups in total. The Morgan fingerprint density at radius 1 is 1.04 bits per heavy atom. The van der Waals surface area contributed by atoms with Crippen molar-refractivity contribution >= 4 is 23.5 Å². The number of methoxy groups -OCH3 is 1. The number of ether oxygens (including phenoxy) is 2. The third-order valence-corrected chi connectivity index (χ3v) is 3.53. The van der Waals surface area contributed by atoms with Crippen LogP contribution in [0.3, 0.4) is 0 Å². The largest absolute Gasteiger partial charge is 0.493 e. The molecule has 0 aliphatic carbocycles. The highest BCUT2D eigenvalue weighted by atomic mass is 35.5. The average Bonchev–Trinajstić information content (AvgIpc) is 2.61. The fourth-order valence-electron chi connectivity index (χ4n) is 1.96. The Balaban J connectivity index is 1.71. The van der Waals surface area contributed by atoms with Crippen molar-refractivity contribution in [3.05, 3.63) is 64.7 Å². The van der Waals surface area contributed by atoms with E-state index in [-0.39, 0.29) is 24.9 Å². The van der Waals surface area contributed by atoms with Gasteiger partial charge in [0.2, 0.25) is 5.91 Å². The number of nitrogens with one attached hydrogen (secondary N) is 1. The van der Waals surface area contributed by atoms with Crippen LogP contribution in [0.15, 0.2) is 48.5 Å². The van der Waals surface area contributed by atoms with Crippen molar-refractivity contribution in [2.24, 2.45) is 0 Å². The maximum absolute atomic E-state index is 11.8. The van der Waals surface area contributed by atoms with Gasteiger partial charge in [-0.15, -0.1) is 0 Å². The summed E-state index contributed by atoms with van der Waals surface area (Å²) < 4.78 is 10.1. The molecule has 1 amide bonds. The van der Waals surface area contributed by atoms with E-state index >= 15 is 0 Å². The molecule has 0 bridgehead atoms. The zero-order valence-electron chi connectivity index (χ0n) is 13.3. The third-order valence-electron chi connectivity index (χ3n) is 3.28. The van der Waals surface area contributed by atoms with Gasteiger partial charge in [0.05, 0.1) is 25.7 Å². The summed E-state index contributed by atoms with van der Waals surface area (Å²) >= 11 is 5.79. The number of esters is 1. The van der Waals surface area contributed by atoms with Crippen LogP contribution in [0.1, 0.15) is 22.3 Å². The van der Waals surface area contributed by atoms with Crippen molar-refractivity contribution in [2.45, 2.75) is 13.0 Å². The molecule has 0 heterocycles. The molecule has 24 heavy (non-hydrogen) atoms. The van der Waals surface area contributed by atoms with Gasteiger partial charge in [-0.3, -0.25) is 4.79 Å². The molecule has 0 fully saturated rings. The lowest BCUT2D eigenvalue weighted by Gasteiger charge is -2.08. The second-order valence-corrected chi connectivity index (χ2v) is 5.45. The van der Waals surface area contributed by atoms with Crippen molar-refractivity contribution < 1.29 is 19.1 Å². The highest BCUT2D eigenvalue weighted by molar-refractivity contribution is 6.30. The lowest BCUT2D eigenvalue weighted by Crippen LogP contribution is -2.24. The Bertz CT molecular complexity index is 683. The molecule has 0 radical (unpaired) electrons. The van der Waals surface area contributed by atoms with Crippen molar-refractivity contribution in [1.82, 2.24) is 5.32 Å². The van der Waals surface area contributed by atoms with Crippen LogP contribution in [-0.4, -0.2) is 25.6 Å². The molecule has 6 heteroatoms. The molecule has 2 aromatic carbocycles. The number of halogens is 1. The maximum atomic E-state index is 11.8. The first-order chi connectivity index (χ1) is 11.6. The van der Waals surface area contributed by atoms with Crippen molar-refractivity contribution in [2.75, 3.05) is 13.7 Å². The first-order valence-electron chi connectivity index (χ1n) is 7.41. The second kappa shape index (κ2) is 8.93. The van der Waals surface area contributed by atoms with Crippen LogP contribution in [0.4, 0.5) is 0 Å². The number of carbonyl (C=O) groups is 2. The van der Waals surface area contributed by atoms with Gasteiger partial charge in [-0.1, -0.05) is 23.7 Å². The predicted molar refractivity (Wildman–Crippen MR) is 91.2 cm³/mol. The van der Waals surface area contributed by atoms with E-state index in [1.165, 1.54) is 7.11 Å². The van der Waals surface area contributed by atoms with Crippen molar-refractivity contribution in [1.29, 1.82) is 0 Å². The molecule has 126 valence electrons. The Kier molecular flexibility index (Phi) is 6.63. The summed E-state index contributed by atoms with van der Waals surface area (Å²) in [6.45, 7) is 0.677. The number of carbonyl (C=O) groups excluding carboxylic acids is 2. The molecule has 0 unspecified atom stereocenters. The topological polar surface area (TPSA) is 64.6 Å². The number of rotatable bonds is 7. The van der Waals surface area contributed by atoms with Gasteiger partial charge in [-0.2, -0.15) is 0 Å². The standard InChI is InChI=1S/C18H18ClNO4/c1-23-18(22)14-4-2-13(3-5-14)12-20-17(21)10-11-24-16-8-6-15(19)7-9-16/h2-9H,10-12H2,1H3,(H,20,21). The number of hydrogen-bond donors (Lipinski definition) is 1.